The second-order valence-electron chi connectivity index (χ2n) is 3.18. The third-order valence-corrected chi connectivity index (χ3v) is 2.74. The summed E-state index contributed by atoms with van der Waals surface area (Å²) in [7, 11) is 0. The van der Waals surface area contributed by atoms with E-state index >= 15 is 0 Å². The highest BCUT2D eigenvalue weighted by molar-refractivity contribution is 9.10. The number of nitrogens with two attached hydrogens (primary N) is 1. The van der Waals surface area contributed by atoms with Crippen LogP contribution in [0.5, 0.6) is 0 Å². The van der Waals surface area contributed by atoms with Gasteiger partial charge in [0.25, 0.3) is 5.69 Å². The zero-order valence-corrected chi connectivity index (χ0v) is 9.68. The van der Waals surface area contributed by atoms with Crippen LogP contribution in [0.4, 0.5) is 5.69 Å². The van der Waals surface area contributed by atoms with E-state index in [1.54, 1.807) is 0 Å². The van der Waals surface area contributed by atoms with E-state index in [1.165, 1.54) is 18.2 Å². The van der Waals surface area contributed by atoms with Crippen molar-refractivity contribution in [3.8, 4) is 0 Å². The molecule has 86 valence electrons. The standard InChI is InChI=1S/C9H9BrN2O4/c10-7-4-6(12(15)16)2-1-5(7)3-8(11)9(13)14/h1-2,4,8H,3,11H2,(H,13,14)/t8-/m1/s1. The highest BCUT2D eigenvalue weighted by Crippen LogP contribution is 2.23. The van der Waals surface area contributed by atoms with Crippen molar-refractivity contribution < 1.29 is 14.8 Å². The van der Waals surface area contributed by atoms with Crippen LogP contribution in [0.15, 0.2) is 22.7 Å². The fourth-order valence-corrected chi connectivity index (χ4v) is 1.67. The molecule has 0 amide bonds. The Kier molecular flexibility index (Phi) is 3.97. The van der Waals surface area contributed by atoms with E-state index in [4.69, 9.17) is 10.8 Å². The van der Waals surface area contributed by atoms with Gasteiger partial charge in [0.1, 0.15) is 6.04 Å². The lowest BCUT2D eigenvalue weighted by Gasteiger charge is -2.07. The van der Waals surface area contributed by atoms with Crippen molar-refractivity contribution in [1.29, 1.82) is 0 Å². The second-order valence-corrected chi connectivity index (χ2v) is 4.04. The molecule has 1 aromatic carbocycles. The fraction of sp³-hybridized carbons (Fsp3) is 0.222. The molecule has 0 aliphatic heterocycles. The van der Waals surface area contributed by atoms with Gasteiger partial charge >= 0.3 is 5.97 Å². The van der Waals surface area contributed by atoms with Crippen LogP contribution in [0.3, 0.4) is 0 Å². The van der Waals surface area contributed by atoms with Gasteiger partial charge in [-0.3, -0.25) is 14.9 Å². The van der Waals surface area contributed by atoms with Gasteiger partial charge in [0.05, 0.1) is 4.92 Å². The number of rotatable bonds is 4. The first-order chi connectivity index (χ1) is 7.41. The molecule has 0 spiro atoms. The van der Waals surface area contributed by atoms with Gasteiger partial charge in [0.2, 0.25) is 0 Å². The molecular formula is C9H9BrN2O4. The Labute approximate surface area is 99.3 Å². The van der Waals surface area contributed by atoms with Crippen LogP contribution in [0, 0.1) is 10.1 Å². The zero-order chi connectivity index (χ0) is 12.3. The number of hydrogen-bond acceptors (Lipinski definition) is 4. The van der Waals surface area contributed by atoms with Gasteiger partial charge < -0.3 is 10.8 Å². The van der Waals surface area contributed by atoms with Crippen LogP contribution >= 0.6 is 15.9 Å². The number of benzene rings is 1. The molecule has 1 aromatic rings. The van der Waals surface area contributed by atoms with E-state index < -0.39 is 16.9 Å². The van der Waals surface area contributed by atoms with Gasteiger partial charge in [0.15, 0.2) is 0 Å². The van der Waals surface area contributed by atoms with E-state index in [2.05, 4.69) is 15.9 Å². The maximum atomic E-state index is 10.5. The summed E-state index contributed by atoms with van der Waals surface area (Å²) in [5, 5.41) is 19.1. The molecule has 0 heterocycles. The molecular weight excluding hydrogens is 280 g/mol. The van der Waals surface area contributed by atoms with Crippen molar-refractivity contribution in [3.05, 3.63) is 38.3 Å². The van der Waals surface area contributed by atoms with Crippen molar-refractivity contribution in [2.24, 2.45) is 5.73 Å². The number of carboxylic acid groups (broad SMARTS) is 1. The Hall–Kier alpha value is -1.47. The Balaban J connectivity index is 2.91. The summed E-state index contributed by atoms with van der Waals surface area (Å²) < 4.78 is 0.485. The number of nitro benzene ring substituents is 1. The quantitative estimate of drug-likeness (QED) is 0.642. The first-order valence-corrected chi connectivity index (χ1v) is 5.12. The van der Waals surface area contributed by atoms with Crippen LogP contribution in [0.25, 0.3) is 0 Å². The molecule has 0 fully saturated rings. The Morgan fingerprint density at radius 2 is 2.25 bits per heavy atom. The summed E-state index contributed by atoms with van der Waals surface area (Å²) in [6, 6.07) is 3.11. The monoisotopic (exact) mass is 288 g/mol. The lowest BCUT2D eigenvalue weighted by molar-refractivity contribution is -0.384. The molecule has 16 heavy (non-hydrogen) atoms. The minimum absolute atomic E-state index is 0.0560. The molecule has 1 atom stereocenters. The van der Waals surface area contributed by atoms with Gasteiger partial charge in [-0.25, -0.2) is 0 Å². The predicted octanol–water partition coefficient (Wildman–Crippen LogP) is 1.31. The summed E-state index contributed by atoms with van der Waals surface area (Å²) in [4.78, 5) is 20.5. The summed E-state index contributed by atoms with van der Waals surface area (Å²) >= 11 is 3.14. The van der Waals surface area contributed by atoms with Crippen molar-refractivity contribution in [1.82, 2.24) is 0 Å². The summed E-state index contributed by atoms with van der Waals surface area (Å²) in [6.07, 6.45) is 0.119. The third-order valence-electron chi connectivity index (χ3n) is 2.00. The van der Waals surface area contributed by atoms with Crippen LogP contribution < -0.4 is 5.73 Å². The SMILES string of the molecule is N[C@H](Cc1ccc([N+](=O)[O-])cc1Br)C(=O)O. The van der Waals surface area contributed by atoms with Gasteiger partial charge in [-0.15, -0.1) is 0 Å². The van der Waals surface area contributed by atoms with Crippen LogP contribution in [-0.2, 0) is 11.2 Å². The smallest absolute Gasteiger partial charge is 0.320 e. The fourth-order valence-electron chi connectivity index (χ4n) is 1.14. The van der Waals surface area contributed by atoms with E-state index in [-0.39, 0.29) is 12.1 Å². The molecule has 0 aromatic heterocycles. The average molecular weight is 289 g/mol. The average Bonchev–Trinajstić information content (AvgIpc) is 2.20. The van der Waals surface area contributed by atoms with Gasteiger partial charge in [-0.05, 0) is 12.0 Å². The summed E-state index contributed by atoms with van der Waals surface area (Å²) in [6.45, 7) is 0. The Morgan fingerprint density at radius 3 is 2.69 bits per heavy atom. The highest BCUT2D eigenvalue weighted by atomic mass is 79.9. The van der Waals surface area contributed by atoms with E-state index in [1.807, 2.05) is 0 Å². The van der Waals surface area contributed by atoms with E-state index in [9.17, 15) is 14.9 Å². The molecule has 0 saturated carbocycles. The lowest BCUT2D eigenvalue weighted by Crippen LogP contribution is -2.32. The van der Waals surface area contributed by atoms with E-state index in [0.29, 0.717) is 10.0 Å². The maximum absolute atomic E-state index is 10.5. The Bertz CT molecular complexity index is 436. The number of hydrogen-bond donors (Lipinski definition) is 2. The minimum Gasteiger partial charge on any atom is -0.480 e. The molecule has 6 nitrogen and oxygen atoms in total. The molecule has 0 saturated heterocycles. The lowest BCUT2D eigenvalue weighted by atomic mass is 10.1. The van der Waals surface area contributed by atoms with Gasteiger partial charge in [-0.2, -0.15) is 0 Å². The van der Waals surface area contributed by atoms with Gasteiger partial charge in [-0.1, -0.05) is 22.0 Å². The molecule has 0 aliphatic carbocycles. The minimum atomic E-state index is -1.11. The van der Waals surface area contributed by atoms with Crippen molar-refractivity contribution in [3.63, 3.8) is 0 Å². The number of nitro groups is 1. The number of halogens is 1. The molecule has 0 bridgehead atoms. The second kappa shape index (κ2) is 5.04. The molecule has 0 radical (unpaired) electrons. The number of carboxylic acids is 1. The van der Waals surface area contributed by atoms with Crippen molar-refractivity contribution >= 4 is 27.6 Å². The third kappa shape index (κ3) is 3.01. The molecule has 1 rings (SSSR count). The normalized spacial score (nSPS) is 12.1. The summed E-state index contributed by atoms with van der Waals surface area (Å²) in [5.74, 6) is -1.11. The molecule has 7 heteroatoms. The number of non-ortho nitro benzene ring substituents is 1. The topological polar surface area (TPSA) is 106 Å². The number of nitrogens with zero attached hydrogens (tertiary/aromatic N) is 1. The van der Waals surface area contributed by atoms with Crippen molar-refractivity contribution in [2.75, 3.05) is 0 Å². The van der Waals surface area contributed by atoms with E-state index in [0.717, 1.165) is 0 Å². The number of carbonyl (C=O) groups is 1. The first kappa shape index (κ1) is 12.6. The molecule has 0 aliphatic rings. The zero-order valence-electron chi connectivity index (χ0n) is 8.09. The van der Waals surface area contributed by atoms with Gasteiger partial charge in [0, 0.05) is 16.6 Å². The van der Waals surface area contributed by atoms with Crippen LogP contribution in [0.2, 0.25) is 0 Å². The maximum Gasteiger partial charge on any atom is 0.320 e. The molecule has 3 N–H and O–H groups in total. The largest absolute Gasteiger partial charge is 0.480 e. The summed E-state index contributed by atoms with van der Waals surface area (Å²) in [5.41, 5.74) is 5.93. The molecule has 0 unspecified atom stereocenters. The van der Waals surface area contributed by atoms with Crippen molar-refractivity contribution in [2.45, 2.75) is 12.5 Å². The number of aliphatic carboxylic acids is 1. The Morgan fingerprint density at radius 1 is 1.62 bits per heavy atom. The highest BCUT2D eigenvalue weighted by Gasteiger charge is 2.15. The predicted molar refractivity (Wildman–Crippen MR) is 60.1 cm³/mol. The van der Waals surface area contributed by atoms with Crippen LogP contribution in [0.1, 0.15) is 5.56 Å². The first-order valence-electron chi connectivity index (χ1n) is 4.33. The van der Waals surface area contributed by atoms with Crippen LogP contribution in [-0.4, -0.2) is 22.0 Å².